The Morgan fingerprint density at radius 3 is 1.71 bits per heavy atom. The first-order valence-electron chi connectivity index (χ1n) is 10.2. The summed E-state index contributed by atoms with van der Waals surface area (Å²) in [5, 5.41) is 0. The second kappa shape index (κ2) is 7.66. The first-order valence-corrected chi connectivity index (χ1v) is 10.2. The van der Waals surface area contributed by atoms with Gasteiger partial charge in [-0.05, 0) is 72.6 Å². The van der Waals surface area contributed by atoms with Crippen molar-refractivity contribution in [2.24, 2.45) is 39.0 Å². The van der Waals surface area contributed by atoms with Crippen LogP contribution in [0.4, 0.5) is 0 Å². The number of hydrogen-bond acceptors (Lipinski definition) is 2. The van der Waals surface area contributed by atoms with E-state index in [0.29, 0.717) is 27.7 Å². The molecule has 0 saturated heterocycles. The summed E-state index contributed by atoms with van der Waals surface area (Å²) in [4.78, 5) is 0. The molecule has 0 heterocycles. The molecule has 0 aliphatic heterocycles. The molecule has 0 aromatic rings. The van der Waals surface area contributed by atoms with Gasteiger partial charge in [-0.3, -0.25) is 0 Å². The van der Waals surface area contributed by atoms with Crippen LogP contribution in [0.2, 0.25) is 0 Å². The smallest absolute Gasteiger partial charge is 0.00491 e. The van der Waals surface area contributed by atoms with Gasteiger partial charge in [-0.2, -0.15) is 0 Å². The molecule has 4 unspecified atom stereocenters. The molecular formula is C22H46N2. The molecule has 4 N–H and O–H groups in total. The molecule has 2 aliphatic carbocycles. The molecule has 24 heavy (non-hydrogen) atoms. The highest BCUT2D eigenvalue weighted by Gasteiger charge is 2.39. The summed E-state index contributed by atoms with van der Waals surface area (Å²) >= 11 is 0. The Balaban J connectivity index is 0.000000240. The summed E-state index contributed by atoms with van der Waals surface area (Å²) in [5.41, 5.74) is 13.8. The summed E-state index contributed by atoms with van der Waals surface area (Å²) in [6.07, 6.45) is 8.99. The molecule has 0 bridgehead atoms. The molecule has 0 radical (unpaired) electrons. The van der Waals surface area contributed by atoms with Crippen molar-refractivity contribution in [2.45, 2.75) is 106 Å². The summed E-state index contributed by atoms with van der Waals surface area (Å²) in [5.74, 6) is 0.849. The van der Waals surface area contributed by atoms with E-state index in [9.17, 15) is 0 Å². The van der Waals surface area contributed by atoms with Crippen LogP contribution < -0.4 is 11.5 Å². The largest absolute Gasteiger partial charge is 0.330 e. The SMILES string of the molecule is CC1CC(C)(C)CC(C)(CN)C1.CCC1(C)CC(N)CC(C)(C)C1. The maximum absolute atomic E-state index is 6.06. The molecule has 0 spiro atoms. The molecule has 144 valence electrons. The van der Waals surface area contributed by atoms with Gasteiger partial charge in [-0.1, -0.05) is 61.8 Å². The second-order valence-corrected chi connectivity index (χ2v) is 11.5. The van der Waals surface area contributed by atoms with Crippen molar-refractivity contribution in [3.05, 3.63) is 0 Å². The first kappa shape index (κ1) is 22.0. The topological polar surface area (TPSA) is 52.0 Å². The molecule has 0 aromatic heterocycles. The predicted molar refractivity (Wildman–Crippen MR) is 108 cm³/mol. The van der Waals surface area contributed by atoms with Gasteiger partial charge in [0.25, 0.3) is 0 Å². The zero-order valence-electron chi connectivity index (χ0n) is 18.0. The lowest BCUT2D eigenvalue weighted by Gasteiger charge is -2.45. The van der Waals surface area contributed by atoms with Crippen molar-refractivity contribution in [3.8, 4) is 0 Å². The fraction of sp³-hybridized carbons (Fsp3) is 1.00. The average molecular weight is 339 g/mol. The fourth-order valence-electron chi connectivity index (χ4n) is 6.30. The number of rotatable bonds is 2. The maximum Gasteiger partial charge on any atom is 0.00491 e. The lowest BCUT2D eigenvalue weighted by Crippen LogP contribution is -2.41. The van der Waals surface area contributed by atoms with Crippen LogP contribution in [0.5, 0.6) is 0 Å². The van der Waals surface area contributed by atoms with Gasteiger partial charge in [0.2, 0.25) is 0 Å². The Morgan fingerprint density at radius 1 is 0.792 bits per heavy atom. The van der Waals surface area contributed by atoms with Gasteiger partial charge in [0.1, 0.15) is 0 Å². The van der Waals surface area contributed by atoms with E-state index in [4.69, 9.17) is 11.5 Å². The van der Waals surface area contributed by atoms with Crippen LogP contribution in [-0.2, 0) is 0 Å². The van der Waals surface area contributed by atoms with E-state index in [1.807, 2.05) is 0 Å². The predicted octanol–water partition coefficient (Wildman–Crippen LogP) is 5.74. The third-order valence-electron chi connectivity index (χ3n) is 6.47. The molecule has 2 nitrogen and oxygen atoms in total. The van der Waals surface area contributed by atoms with Gasteiger partial charge in [-0.25, -0.2) is 0 Å². The van der Waals surface area contributed by atoms with E-state index in [2.05, 4.69) is 55.4 Å². The number of nitrogens with two attached hydrogens (primary N) is 2. The van der Waals surface area contributed by atoms with Crippen LogP contribution in [0.15, 0.2) is 0 Å². The molecule has 0 amide bonds. The van der Waals surface area contributed by atoms with Crippen LogP contribution in [0, 0.1) is 27.6 Å². The van der Waals surface area contributed by atoms with Crippen LogP contribution in [0.3, 0.4) is 0 Å². The molecule has 2 aliphatic rings. The molecule has 2 fully saturated rings. The van der Waals surface area contributed by atoms with E-state index in [-0.39, 0.29) is 0 Å². The molecule has 2 saturated carbocycles. The minimum Gasteiger partial charge on any atom is -0.330 e. The van der Waals surface area contributed by atoms with E-state index in [1.54, 1.807) is 0 Å². The Kier molecular flexibility index (Phi) is 7.01. The summed E-state index contributed by atoms with van der Waals surface area (Å²) in [7, 11) is 0. The normalized spacial score (nSPS) is 41.2. The quantitative estimate of drug-likeness (QED) is 0.674. The lowest BCUT2D eigenvalue weighted by molar-refractivity contribution is 0.0676. The monoisotopic (exact) mass is 338 g/mol. The van der Waals surface area contributed by atoms with Gasteiger partial charge in [-0.15, -0.1) is 0 Å². The maximum atomic E-state index is 6.06. The summed E-state index contributed by atoms with van der Waals surface area (Å²) < 4.78 is 0. The Bertz CT molecular complexity index is 363. The average Bonchev–Trinajstić information content (AvgIpc) is 2.33. The van der Waals surface area contributed by atoms with Crippen molar-refractivity contribution in [1.82, 2.24) is 0 Å². The minimum absolute atomic E-state index is 0.404. The summed E-state index contributed by atoms with van der Waals surface area (Å²) in [6.45, 7) is 19.6. The second-order valence-electron chi connectivity index (χ2n) is 11.5. The van der Waals surface area contributed by atoms with Crippen molar-refractivity contribution in [3.63, 3.8) is 0 Å². The van der Waals surface area contributed by atoms with Gasteiger partial charge in [0.15, 0.2) is 0 Å². The van der Waals surface area contributed by atoms with Crippen LogP contribution >= 0.6 is 0 Å². The van der Waals surface area contributed by atoms with Gasteiger partial charge >= 0.3 is 0 Å². The van der Waals surface area contributed by atoms with Gasteiger partial charge in [0, 0.05) is 6.04 Å². The Hall–Kier alpha value is -0.0800. The van der Waals surface area contributed by atoms with E-state index >= 15 is 0 Å². The van der Waals surface area contributed by atoms with E-state index in [1.165, 1.54) is 44.9 Å². The highest BCUT2D eigenvalue weighted by molar-refractivity contribution is 4.92. The van der Waals surface area contributed by atoms with E-state index in [0.717, 1.165) is 12.5 Å². The third-order valence-corrected chi connectivity index (χ3v) is 6.47. The molecule has 4 atom stereocenters. The van der Waals surface area contributed by atoms with Crippen molar-refractivity contribution in [2.75, 3.05) is 6.54 Å². The molecule has 2 heteroatoms. The van der Waals surface area contributed by atoms with Gasteiger partial charge in [0.05, 0.1) is 0 Å². The van der Waals surface area contributed by atoms with E-state index < -0.39 is 0 Å². The third kappa shape index (κ3) is 6.67. The molecule has 2 rings (SSSR count). The van der Waals surface area contributed by atoms with Gasteiger partial charge < -0.3 is 11.5 Å². The minimum atomic E-state index is 0.404. The van der Waals surface area contributed by atoms with Crippen molar-refractivity contribution >= 4 is 0 Å². The zero-order chi connectivity index (χ0) is 18.8. The number of hydrogen-bond donors (Lipinski definition) is 2. The van der Waals surface area contributed by atoms with Crippen LogP contribution in [0.25, 0.3) is 0 Å². The van der Waals surface area contributed by atoms with Crippen molar-refractivity contribution < 1.29 is 0 Å². The fourth-order valence-corrected chi connectivity index (χ4v) is 6.30. The highest BCUT2D eigenvalue weighted by Crippen LogP contribution is 2.48. The summed E-state index contributed by atoms with van der Waals surface area (Å²) in [6, 6.07) is 0.429. The first-order chi connectivity index (χ1) is 10.7. The van der Waals surface area contributed by atoms with Crippen LogP contribution in [0.1, 0.15) is 100 Å². The lowest BCUT2D eigenvalue weighted by atomic mass is 9.61. The highest BCUT2D eigenvalue weighted by atomic mass is 14.7. The standard InChI is InChI=1S/2C11H23N/c1-9-5-10(2,3)7-11(4,6-9)8-12;1-5-11(4)7-9(12)6-10(2,3)8-11/h2*9H,5-8,12H2,1-4H3. The Labute approximate surface area is 152 Å². The van der Waals surface area contributed by atoms with Crippen molar-refractivity contribution in [1.29, 1.82) is 0 Å². The van der Waals surface area contributed by atoms with Crippen LogP contribution in [-0.4, -0.2) is 12.6 Å². The molecular weight excluding hydrogens is 292 g/mol. The molecule has 0 aromatic carbocycles. The zero-order valence-corrected chi connectivity index (χ0v) is 18.0. The Morgan fingerprint density at radius 2 is 1.29 bits per heavy atom.